The van der Waals surface area contributed by atoms with Crippen LogP contribution >= 0.6 is 0 Å². The molecule has 0 aliphatic heterocycles. The van der Waals surface area contributed by atoms with E-state index in [0.717, 1.165) is 5.56 Å². The summed E-state index contributed by atoms with van der Waals surface area (Å²) < 4.78 is 40.3. The van der Waals surface area contributed by atoms with Gasteiger partial charge in [-0.1, -0.05) is 30.3 Å². The molecule has 1 atom stereocenters. The van der Waals surface area contributed by atoms with Crippen molar-refractivity contribution in [2.24, 2.45) is 0 Å². The van der Waals surface area contributed by atoms with Crippen LogP contribution in [0.1, 0.15) is 18.1 Å². The summed E-state index contributed by atoms with van der Waals surface area (Å²) in [6.45, 7) is 0.0744. The maximum Gasteiger partial charge on any atom is 0.264 e. The molecule has 1 aromatic rings. The van der Waals surface area contributed by atoms with Crippen LogP contribution in [0.25, 0.3) is 0 Å². The second kappa shape index (κ2) is 6.70. The molecular weight excluding hydrogens is 244 g/mol. The fourth-order valence-electron chi connectivity index (χ4n) is 1.42. The summed E-state index contributed by atoms with van der Waals surface area (Å²) >= 11 is 0. The number of methoxy groups -OCH3 is 1. The molecule has 0 radical (unpaired) electrons. The van der Waals surface area contributed by atoms with E-state index in [-0.39, 0.29) is 19.0 Å². The molecule has 17 heavy (non-hydrogen) atoms. The summed E-state index contributed by atoms with van der Waals surface area (Å²) in [6, 6.07) is 9.21. The molecule has 1 rings (SSSR count). The molecule has 0 aliphatic carbocycles. The van der Waals surface area contributed by atoms with E-state index in [1.54, 1.807) is 0 Å². The van der Waals surface area contributed by atoms with Gasteiger partial charge in [0.1, 0.15) is 6.79 Å². The Morgan fingerprint density at radius 3 is 2.47 bits per heavy atom. The number of rotatable bonds is 7. The van der Waals surface area contributed by atoms with Gasteiger partial charge in [-0.2, -0.15) is 8.42 Å². The first-order chi connectivity index (χ1) is 8.03. The first-order valence-corrected chi connectivity index (χ1v) is 6.74. The van der Waals surface area contributed by atoms with Crippen LogP contribution in [0, 0.1) is 0 Å². The molecule has 0 unspecified atom stereocenters. The smallest absolute Gasteiger partial charge is 0.264 e. The van der Waals surface area contributed by atoms with Crippen molar-refractivity contribution in [2.45, 2.75) is 12.5 Å². The van der Waals surface area contributed by atoms with E-state index in [1.807, 2.05) is 30.3 Å². The molecule has 1 N–H and O–H groups in total. The number of ether oxygens (including phenoxy) is 2. The molecule has 0 fully saturated rings. The summed E-state index contributed by atoms with van der Waals surface area (Å²) in [5.41, 5.74) is 0.855. The lowest BCUT2D eigenvalue weighted by atomic mass is 10.1. The van der Waals surface area contributed by atoms with Gasteiger partial charge in [0.05, 0.1) is 11.9 Å². The van der Waals surface area contributed by atoms with Crippen molar-refractivity contribution >= 4 is 10.1 Å². The summed E-state index contributed by atoms with van der Waals surface area (Å²) in [6.07, 6.45) is -0.218. The van der Waals surface area contributed by atoms with E-state index in [9.17, 15) is 8.42 Å². The fourth-order valence-corrected chi connectivity index (χ4v) is 1.93. The fraction of sp³-hybridized carbons (Fsp3) is 0.455. The van der Waals surface area contributed by atoms with E-state index in [0.29, 0.717) is 0 Å². The maximum absolute atomic E-state index is 10.7. The largest absolute Gasteiger partial charge is 0.359 e. The molecular formula is C11H16O5S. The monoisotopic (exact) mass is 260 g/mol. The minimum Gasteiger partial charge on any atom is -0.359 e. The lowest BCUT2D eigenvalue weighted by Crippen LogP contribution is -2.13. The second-order valence-corrected chi connectivity index (χ2v) is 5.12. The van der Waals surface area contributed by atoms with Crippen LogP contribution in [0.5, 0.6) is 0 Å². The molecule has 0 heterocycles. The lowest BCUT2D eigenvalue weighted by Gasteiger charge is -2.17. The van der Waals surface area contributed by atoms with Gasteiger partial charge < -0.3 is 9.47 Å². The van der Waals surface area contributed by atoms with E-state index in [1.165, 1.54) is 7.11 Å². The first-order valence-electron chi connectivity index (χ1n) is 5.13. The van der Waals surface area contributed by atoms with Gasteiger partial charge in [-0.3, -0.25) is 4.55 Å². The summed E-state index contributed by atoms with van der Waals surface area (Å²) in [5.74, 6) is -0.337. The van der Waals surface area contributed by atoms with Crippen LogP contribution in [0.15, 0.2) is 30.3 Å². The SMILES string of the molecule is COCO[C@H](CCS(=O)(=O)O)c1ccccc1. The third kappa shape index (κ3) is 5.78. The normalized spacial score (nSPS) is 13.5. The third-order valence-electron chi connectivity index (χ3n) is 2.20. The Bertz CT molecular complexity index is 415. The van der Waals surface area contributed by atoms with Gasteiger partial charge >= 0.3 is 0 Å². The average molecular weight is 260 g/mol. The molecule has 96 valence electrons. The summed E-state index contributed by atoms with van der Waals surface area (Å²) in [4.78, 5) is 0. The highest BCUT2D eigenvalue weighted by Gasteiger charge is 2.15. The average Bonchev–Trinajstić information content (AvgIpc) is 2.29. The molecule has 0 bridgehead atoms. The zero-order valence-electron chi connectivity index (χ0n) is 9.57. The zero-order valence-corrected chi connectivity index (χ0v) is 10.4. The van der Waals surface area contributed by atoms with E-state index >= 15 is 0 Å². The lowest BCUT2D eigenvalue weighted by molar-refractivity contribution is -0.0741. The van der Waals surface area contributed by atoms with Gasteiger partial charge in [-0.05, 0) is 12.0 Å². The van der Waals surface area contributed by atoms with E-state index in [4.69, 9.17) is 14.0 Å². The highest BCUT2D eigenvalue weighted by atomic mass is 32.2. The van der Waals surface area contributed by atoms with Crippen molar-refractivity contribution in [1.29, 1.82) is 0 Å². The molecule has 0 saturated carbocycles. The Labute approximate surface area is 101 Å². The van der Waals surface area contributed by atoms with Crippen molar-refractivity contribution in [3.05, 3.63) is 35.9 Å². The van der Waals surface area contributed by atoms with Crippen LogP contribution in [-0.4, -0.2) is 32.6 Å². The molecule has 6 heteroatoms. The minimum absolute atomic E-state index is 0.0744. The Morgan fingerprint density at radius 1 is 1.29 bits per heavy atom. The van der Waals surface area contributed by atoms with Gasteiger partial charge in [0.15, 0.2) is 0 Å². The topological polar surface area (TPSA) is 72.8 Å². The molecule has 5 nitrogen and oxygen atoms in total. The van der Waals surface area contributed by atoms with Crippen molar-refractivity contribution in [2.75, 3.05) is 19.7 Å². The van der Waals surface area contributed by atoms with E-state index in [2.05, 4.69) is 0 Å². The highest BCUT2D eigenvalue weighted by Crippen LogP contribution is 2.21. The van der Waals surface area contributed by atoms with Crippen LogP contribution in [-0.2, 0) is 19.6 Å². The molecule has 0 aromatic heterocycles. The summed E-state index contributed by atoms with van der Waals surface area (Å²) in [7, 11) is -2.48. The zero-order chi connectivity index (χ0) is 12.7. The van der Waals surface area contributed by atoms with Crippen molar-refractivity contribution in [1.82, 2.24) is 0 Å². The maximum atomic E-state index is 10.7. The molecule has 0 aliphatic rings. The predicted octanol–water partition coefficient (Wildman–Crippen LogP) is 1.63. The number of hydrogen-bond donors (Lipinski definition) is 1. The Kier molecular flexibility index (Phi) is 5.57. The van der Waals surface area contributed by atoms with Crippen LogP contribution in [0.4, 0.5) is 0 Å². The molecule has 0 amide bonds. The third-order valence-corrected chi connectivity index (χ3v) is 2.95. The first kappa shape index (κ1) is 14.1. The quantitative estimate of drug-likeness (QED) is 0.596. The van der Waals surface area contributed by atoms with Crippen LogP contribution in [0.2, 0.25) is 0 Å². The van der Waals surface area contributed by atoms with Crippen molar-refractivity contribution in [3.63, 3.8) is 0 Å². The van der Waals surface area contributed by atoms with Crippen LogP contribution in [0.3, 0.4) is 0 Å². The Hall–Kier alpha value is -0.950. The molecule has 0 saturated heterocycles. The number of hydrogen-bond acceptors (Lipinski definition) is 4. The molecule has 0 spiro atoms. The van der Waals surface area contributed by atoms with Gasteiger partial charge in [0.25, 0.3) is 10.1 Å². The van der Waals surface area contributed by atoms with Crippen LogP contribution < -0.4 is 0 Å². The Balaban J connectivity index is 2.67. The second-order valence-electron chi connectivity index (χ2n) is 3.55. The van der Waals surface area contributed by atoms with Crippen molar-refractivity contribution in [3.8, 4) is 0 Å². The summed E-state index contributed by atoms with van der Waals surface area (Å²) in [5, 5.41) is 0. The minimum atomic E-state index is -3.97. The standard InChI is InChI=1S/C11H16O5S/c1-15-9-16-11(7-8-17(12,13)14)10-5-3-2-4-6-10/h2-6,11H,7-9H2,1H3,(H,12,13,14)/t11-/m1/s1. The Morgan fingerprint density at radius 2 is 1.94 bits per heavy atom. The van der Waals surface area contributed by atoms with Gasteiger partial charge in [-0.25, -0.2) is 0 Å². The number of benzene rings is 1. The molecule has 1 aromatic carbocycles. The van der Waals surface area contributed by atoms with E-state index < -0.39 is 16.2 Å². The van der Waals surface area contributed by atoms with Gasteiger partial charge in [0.2, 0.25) is 0 Å². The highest BCUT2D eigenvalue weighted by molar-refractivity contribution is 7.85. The van der Waals surface area contributed by atoms with Crippen molar-refractivity contribution < 1.29 is 22.4 Å². The van der Waals surface area contributed by atoms with Gasteiger partial charge in [-0.15, -0.1) is 0 Å². The predicted molar refractivity (Wildman–Crippen MR) is 63.2 cm³/mol. The van der Waals surface area contributed by atoms with Gasteiger partial charge in [0, 0.05) is 7.11 Å².